The quantitative estimate of drug-likeness (QED) is 0.315. The summed E-state index contributed by atoms with van der Waals surface area (Å²) in [5.41, 5.74) is 0. The molecule has 0 aliphatic heterocycles. The summed E-state index contributed by atoms with van der Waals surface area (Å²) in [7, 11) is 10.8. The Kier molecular flexibility index (Phi) is 14.2. The van der Waals surface area contributed by atoms with E-state index in [1.165, 1.54) is 0 Å². The molecule has 0 heterocycles. The van der Waals surface area contributed by atoms with Gasteiger partial charge in [-0.05, 0) is 51.6 Å². The van der Waals surface area contributed by atoms with Crippen LogP contribution in [0.3, 0.4) is 0 Å². The van der Waals surface area contributed by atoms with Crippen molar-refractivity contribution in [2.24, 2.45) is 0 Å². The molecule has 0 N–H and O–H groups in total. The van der Waals surface area contributed by atoms with E-state index >= 15 is 0 Å². The van der Waals surface area contributed by atoms with E-state index in [1.54, 1.807) is 50.1 Å². The molecule has 0 aromatic rings. The van der Waals surface area contributed by atoms with Crippen molar-refractivity contribution in [2.45, 2.75) is 6.92 Å². The predicted molar refractivity (Wildman–Crippen MR) is 75.4 cm³/mol. The van der Waals surface area contributed by atoms with Crippen molar-refractivity contribution in [3.05, 3.63) is 24.1 Å². The fraction of sp³-hybridized carbons (Fsp3) is 0.333. The monoisotopic (exact) mass is 274 g/mol. The highest BCUT2D eigenvalue weighted by Crippen LogP contribution is 2.52. The topological polar surface area (TPSA) is 0 Å². The van der Waals surface area contributed by atoms with Crippen LogP contribution >= 0.6 is 60.9 Å². The molecule has 0 amide bonds. The molecule has 70 valence electrons. The second kappa shape index (κ2) is 12.6. The second-order valence-corrected chi connectivity index (χ2v) is 10.8. The fourth-order valence-corrected chi connectivity index (χ4v) is 10.7. The molecule has 0 aliphatic rings. The first-order chi connectivity index (χ1) is 5.91. The molecular weight excluding hydrogens is 264 g/mol. The van der Waals surface area contributed by atoms with Gasteiger partial charge >= 0.3 is 0 Å². The molecule has 0 saturated carbocycles. The minimum Gasteiger partial charge on any atom is -0.102 e. The Balaban J connectivity index is 2.86. The molecule has 0 rings (SSSR count). The summed E-state index contributed by atoms with van der Waals surface area (Å²) in [5.74, 6) is 1.02. The number of hydrogen-bond acceptors (Lipinski definition) is 6. The van der Waals surface area contributed by atoms with E-state index in [4.69, 9.17) is 0 Å². The highest BCUT2D eigenvalue weighted by Gasteiger charge is 1.90. The van der Waals surface area contributed by atoms with E-state index in [9.17, 15) is 0 Å². The average Bonchev–Trinajstić information content (AvgIpc) is 2.10. The van der Waals surface area contributed by atoms with Gasteiger partial charge in [-0.25, -0.2) is 0 Å². The lowest BCUT2D eigenvalue weighted by Crippen LogP contribution is -1.55. The third-order valence-electron chi connectivity index (χ3n) is 0.548. The zero-order valence-corrected chi connectivity index (χ0v) is 11.5. The summed E-state index contributed by atoms with van der Waals surface area (Å²) >= 11 is 0. The molecule has 0 aromatic heterocycles. The zero-order valence-electron chi connectivity index (χ0n) is 6.60. The van der Waals surface area contributed by atoms with Gasteiger partial charge in [0.2, 0.25) is 0 Å². The molecule has 0 saturated heterocycles. The highest BCUT2D eigenvalue weighted by molar-refractivity contribution is 9.42. The van der Waals surface area contributed by atoms with Crippen LogP contribution in [-0.2, 0) is 0 Å². The summed E-state index contributed by atoms with van der Waals surface area (Å²) in [4.78, 5) is 0. The lowest BCUT2D eigenvalue weighted by molar-refractivity contribution is 1.79. The lowest BCUT2D eigenvalue weighted by atomic mass is 10.8. The van der Waals surface area contributed by atoms with Crippen LogP contribution in [0.5, 0.6) is 0 Å². The van der Waals surface area contributed by atoms with Crippen molar-refractivity contribution >= 4 is 60.9 Å². The van der Waals surface area contributed by atoms with Crippen molar-refractivity contribution in [2.75, 3.05) is 5.75 Å². The van der Waals surface area contributed by atoms with Crippen molar-refractivity contribution < 1.29 is 0 Å². The molecule has 0 radical (unpaired) electrons. The number of allylic oxidation sites excluding steroid dienone is 1. The predicted octanol–water partition coefficient (Wildman–Crippen LogP) is 5.68. The maximum absolute atomic E-state index is 3.65. The zero-order chi connectivity index (χ0) is 9.07. The van der Waals surface area contributed by atoms with Gasteiger partial charge < -0.3 is 0 Å². The van der Waals surface area contributed by atoms with Gasteiger partial charge in [-0.3, -0.25) is 0 Å². The van der Waals surface area contributed by atoms with E-state index in [2.05, 4.69) is 12.0 Å². The first-order valence-electron chi connectivity index (χ1n) is 3.08. The average molecular weight is 275 g/mol. The first-order valence-corrected chi connectivity index (χ1v) is 10.8. The fourth-order valence-electron chi connectivity index (χ4n) is 0.212. The Labute approximate surface area is 96.9 Å². The second-order valence-electron chi connectivity index (χ2n) is 1.41. The van der Waals surface area contributed by atoms with E-state index in [0.717, 1.165) is 5.75 Å². The van der Waals surface area contributed by atoms with Crippen LogP contribution in [0.25, 0.3) is 0 Å². The lowest BCUT2D eigenvalue weighted by Gasteiger charge is -1.94. The van der Waals surface area contributed by atoms with Crippen LogP contribution in [0.4, 0.5) is 0 Å². The number of hydrogen-bond donors (Lipinski definition) is 0. The van der Waals surface area contributed by atoms with Gasteiger partial charge in [0.1, 0.15) is 0 Å². The van der Waals surface area contributed by atoms with E-state index in [-0.39, 0.29) is 0 Å². The van der Waals surface area contributed by atoms with Gasteiger partial charge in [0, 0.05) is 5.75 Å². The van der Waals surface area contributed by atoms with Gasteiger partial charge in [-0.1, -0.05) is 33.7 Å². The van der Waals surface area contributed by atoms with Crippen LogP contribution in [0, 0.1) is 0 Å². The van der Waals surface area contributed by atoms with Crippen LogP contribution in [-0.4, -0.2) is 5.75 Å². The SMILES string of the molecule is C=CCSSSSSSC=CC. The first kappa shape index (κ1) is 13.6. The maximum Gasteiger partial charge on any atom is 0.0223 e. The van der Waals surface area contributed by atoms with Crippen LogP contribution < -0.4 is 0 Å². The summed E-state index contributed by atoms with van der Waals surface area (Å²) in [6.45, 7) is 5.68. The Morgan fingerprint density at radius 3 is 2.58 bits per heavy atom. The Hall–Kier alpha value is 1.58. The molecule has 0 fully saturated rings. The molecule has 0 bridgehead atoms. The molecule has 6 heteroatoms. The summed E-state index contributed by atoms with van der Waals surface area (Å²) in [5, 5.41) is 2.08. The van der Waals surface area contributed by atoms with E-state index in [1.807, 2.05) is 29.9 Å². The standard InChI is InChI=1S/C6H10S6/c1-3-5-7-9-11-12-10-8-6-4-2/h3-4,6H,1,5H2,2H3. The molecule has 12 heavy (non-hydrogen) atoms. The maximum atomic E-state index is 3.65. The molecule has 0 nitrogen and oxygen atoms in total. The van der Waals surface area contributed by atoms with Gasteiger partial charge in [0.25, 0.3) is 0 Å². The minimum atomic E-state index is 1.02. The van der Waals surface area contributed by atoms with Crippen LogP contribution in [0.1, 0.15) is 6.92 Å². The third kappa shape index (κ3) is 11.6. The summed E-state index contributed by atoms with van der Waals surface area (Å²) in [6, 6.07) is 0. The largest absolute Gasteiger partial charge is 0.102 e. The van der Waals surface area contributed by atoms with Gasteiger partial charge in [-0.2, -0.15) is 0 Å². The Bertz CT molecular complexity index is 123. The smallest absolute Gasteiger partial charge is 0.0223 e. The molecule has 0 atom stereocenters. The normalized spacial score (nSPS) is 10.8. The third-order valence-corrected chi connectivity index (χ3v) is 11.0. The van der Waals surface area contributed by atoms with Crippen molar-refractivity contribution in [1.82, 2.24) is 0 Å². The van der Waals surface area contributed by atoms with E-state index in [0.29, 0.717) is 0 Å². The Morgan fingerprint density at radius 1 is 1.17 bits per heavy atom. The van der Waals surface area contributed by atoms with Gasteiger partial charge in [-0.15, -0.1) is 6.58 Å². The van der Waals surface area contributed by atoms with Crippen LogP contribution in [0.15, 0.2) is 24.1 Å². The molecular formula is C6H10S6. The van der Waals surface area contributed by atoms with Crippen molar-refractivity contribution in [3.63, 3.8) is 0 Å². The molecule has 0 unspecified atom stereocenters. The number of rotatable bonds is 8. The molecule has 0 spiro atoms. The van der Waals surface area contributed by atoms with Gasteiger partial charge in [0.15, 0.2) is 0 Å². The van der Waals surface area contributed by atoms with E-state index < -0.39 is 0 Å². The van der Waals surface area contributed by atoms with Gasteiger partial charge in [0.05, 0.1) is 0 Å². The Morgan fingerprint density at radius 2 is 1.92 bits per heavy atom. The summed E-state index contributed by atoms with van der Waals surface area (Å²) < 4.78 is 0. The van der Waals surface area contributed by atoms with Crippen molar-refractivity contribution in [1.29, 1.82) is 0 Å². The molecule has 0 aromatic carbocycles. The molecule has 0 aliphatic carbocycles. The van der Waals surface area contributed by atoms with Crippen LogP contribution in [0.2, 0.25) is 0 Å². The van der Waals surface area contributed by atoms with Crippen molar-refractivity contribution in [3.8, 4) is 0 Å². The summed E-state index contributed by atoms with van der Waals surface area (Å²) in [6.07, 6.45) is 3.97. The minimum absolute atomic E-state index is 1.02. The highest BCUT2D eigenvalue weighted by atomic mass is 33.9.